The van der Waals surface area contributed by atoms with E-state index < -0.39 is 94.0 Å². The number of phenolic OH excluding ortho intramolecular Hbond substituents is 2. The van der Waals surface area contributed by atoms with Gasteiger partial charge in [0.25, 0.3) is 0 Å². The van der Waals surface area contributed by atoms with E-state index in [9.17, 15) is 44.7 Å². The number of nitriles is 2. The molecule has 13 atom stereocenters. The van der Waals surface area contributed by atoms with Crippen molar-refractivity contribution in [2.24, 2.45) is 5.73 Å². The van der Waals surface area contributed by atoms with Gasteiger partial charge in [0.1, 0.15) is 48.3 Å². The van der Waals surface area contributed by atoms with Crippen LogP contribution in [0.4, 0.5) is 0 Å². The van der Waals surface area contributed by atoms with Crippen LogP contribution in [-0.4, -0.2) is 199 Å². The van der Waals surface area contributed by atoms with E-state index in [1.165, 1.54) is 55.4 Å². The van der Waals surface area contributed by atoms with Crippen LogP contribution in [-0.2, 0) is 64.7 Å². The number of piperazine rings is 2. The number of aryl methyl sites for hydroxylation is 2. The Labute approximate surface area is 709 Å². The van der Waals surface area contributed by atoms with Gasteiger partial charge in [0.2, 0.25) is 19.4 Å². The number of cyclic esters (lactones) is 1. The summed E-state index contributed by atoms with van der Waals surface area (Å²) in [4.78, 5) is 82.0. The monoisotopic (exact) mass is 1690 g/mol. The predicted octanol–water partition coefficient (Wildman–Crippen LogP) is 11.6. The zero-order valence-electron chi connectivity index (χ0n) is 67.5. The molecule has 8 aromatic rings. The molecule has 4 fully saturated rings. The zero-order valence-corrected chi connectivity index (χ0v) is 69.1. The van der Waals surface area contributed by atoms with E-state index in [1.54, 1.807) is 34.3 Å². The first-order valence-corrected chi connectivity index (χ1v) is 41.7. The third-order valence-electron chi connectivity index (χ3n) is 25.3. The largest absolute Gasteiger partial charge is 0.504 e. The van der Waals surface area contributed by atoms with Crippen molar-refractivity contribution in [3.63, 3.8) is 0 Å². The maximum Gasteiger partial charge on any atom is 0.375 e. The number of esters is 4. The maximum atomic E-state index is 15.0. The Balaban J connectivity index is 0.000000163. The summed E-state index contributed by atoms with van der Waals surface area (Å²) in [6.45, 7) is 19.7. The summed E-state index contributed by atoms with van der Waals surface area (Å²) in [6.07, 6.45) is 8.12. The molecule has 0 aliphatic carbocycles. The molecular formula is C90H100N10O19S2. The number of aromatic amines is 2. The molecule has 2 aromatic heterocycles. The summed E-state index contributed by atoms with van der Waals surface area (Å²) in [7, 11) is 6.37. The third kappa shape index (κ3) is 13.4. The molecule has 8 bridgehead atoms. The number of phenols is 2. The standard InChI is InChI=1S/C44H45N5O9S.C33H33N3O9S.C11H14N2O.2CH4/c1-7-12-48-28-14-23-13-20(2)37(54-6)36(51)31(23)34(48)35-41-33-32(40-39(56-19-57-40)21(3)38(33)58-22(4)50)30(49(35)29(28)16-45)17-55-43(52)44(18-59-41)42-25(10-11-46-44)26-15-24(53-5)8-9-27(26)47-42;1-6-7-35-18-9-17-8-14(2)28(41-5)27(39)22(17)25(35)26-32-24-23(31-30(43-13-44-31)15(3)29(24)45-16(4)37)20(36(26)19(18)10-34)11-42-33(40)21(38)12-46-32;1-14-9-2-3-11-10(6-9)8(4-5-12)7-13-11;;/h7-9,13,15,28-30,34-35,41,46-47,51H,1,10-12,14,17-19H2,2-6H3;6,8,18-20,25-26,32,39H,1,7,9,11-13H2,2-5H3;2-3,6-7,13H,4-5,12H2,1H3;2*1H4/t28-,29-,30-,34+,35?,41+,44+;18-,19-,20-,25+,26?,32+;;;/m00.../s1. The molecule has 14 heterocycles. The van der Waals surface area contributed by atoms with Crippen molar-refractivity contribution in [1.82, 2.24) is 34.9 Å². The van der Waals surface area contributed by atoms with Crippen LogP contribution in [0.5, 0.6) is 69.0 Å². The van der Waals surface area contributed by atoms with Gasteiger partial charge in [-0.2, -0.15) is 10.5 Å². The molecular weight excluding hydrogens is 1590 g/mol. The highest BCUT2D eigenvalue weighted by Gasteiger charge is 2.65. The molecule has 12 aliphatic heterocycles. The van der Waals surface area contributed by atoms with E-state index in [0.717, 1.165) is 62.1 Å². The van der Waals surface area contributed by atoms with Gasteiger partial charge in [-0.1, -0.05) is 39.1 Å². The van der Waals surface area contributed by atoms with Crippen LogP contribution < -0.4 is 58.4 Å². The number of aromatic nitrogens is 2. The van der Waals surface area contributed by atoms with Gasteiger partial charge >= 0.3 is 23.9 Å². The summed E-state index contributed by atoms with van der Waals surface area (Å²) in [6, 6.07) is 15.4. The highest BCUT2D eigenvalue weighted by atomic mass is 32.2. The number of Topliss-reactive ketones (excluding diaryl/α,β-unsaturated/α-hetero) is 1. The minimum absolute atomic E-state index is 0. The van der Waals surface area contributed by atoms with Crippen molar-refractivity contribution in [2.75, 3.05) is 92.9 Å². The number of nitrogens with one attached hydrogen (secondary N) is 3. The number of nitrogens with zero attached hydrogens (tertiary/aromatic N) is 6. The number of carbonyl (C=O) groups excluding carboxylic acids is 5. The van der Waals surface area contributed by atoms with E-state index >= 15 is 0 Å². The molecule has 6 aromatic carbocycles. The Morgan fingerprint density at radius 2 is 1.14 bits per heavy atom. The fourth-order valence-electron chi connectivity index (χ4n) is 20.8. The summed E-state index contributed by atoms with van der Waals surface area (Å²) in [5.74, 6) is 1.59. The average molecular weight is 1690 g/mol. The van der Waals surface area contributed by atoms with Gasteiger partial charge in [-0.3, -0.25) is 39.3 Å². The molecule has 4 saturated heterocycles. The number of benzene rings is 6. The molecule has 636 valence electrons. The lowest BCUT2D eigenvalue weighted by molar-refractivity contribution is -0.157. The van der Waals surface area contributed by atoms with E-state index in [4.69, 9.17) is 62.6 Å². The van der Waals surface area contributed by atoms with Crippen molar-refractivity contribution in [3.8, 4) is 81.1 Å². The van der Waals surface area contributed by atoms with E-state index in [2.05, 4.69) is 66.2 Å². The number of H-pyrrole nitrogens is 2. The van der Waals surface area contributed by atoms with Gasteiger partial charge in [0.05, 0.1) is 86.7 Å². The Morgan fingerprint density at radius 1 is 0.645 bits per heavy atom. The minimum atomic E-state index is -1.31. The summed E-state index contributed by atoms with van der Waals surface area (Å²) in [5.41, 5.74) is 17.7. The number of thioether (sulfide) groups is 2. The molecule has 121 heavy (non-hydrogen) atoms. The number of methoxy groups -OCH3 is 4. The lowest BCUT2D eigenvalue weighted by Crippen LogP contribution is -2.70. The Morgan fingerprint density at radius 3 is 1.63 bits per heavy atom. The molecule has 20 rings (SSSR count). The van der Waals surface area contributed by atoms with Crippen LogP contribution >= 0.6 is 23.5 Å². The molecule has 2 unspecified atom stereocenters. The molecule has 0 saturated carbocycles. The van der Waals surface area contributed by atoms with Crippen molar-refractivity contribution in [3.05, 3.63) is 164 Å². The second kappa shape index (κ2) is 33.4. The molecule has 29 nitrogen and oxygen atoms in total. The average Bonchev–Trinajstić information content (AvgIpc) is 1.43. The quantitative estimate of drug-likeness (QED) is 0.0286. The Kier molecular flexibility index (Phi) is 23.4. The number of rotatable bonds is 12. The normalized spacial score (nSPS) is 25.4. The number of hydrogen-bond donors (Lipinski definition) is 6. The minimum Gasteiger partial charge on any atom is -0.504 e. The number of ether oxygens (including phenoxy) is 12. The molecule has 12 aliphatic rings. The Bertz CT molecular complexity index is 5680. The molecule has 7 N–H and O–H groups in total. The van der Waals surface area contributed by atoms with Crippen LogP contribution in [0.1, 0.15) is 147 Å². The smallest absolute Gasteiger partial charge is 0.375 e. The zero-order chi connectivity index (χ0) is 83.6. The third-order valence-corrected chi connectivity index (χ3v) is 28.1. The van der Waals surface area contributed by atoms with Gasteiger partial charge < -0.3 is 82.8 Å². The Hall–Kier alpha value is -11.1. The highest BCUT2D eigenvalue weighted by molar-refractivity contribution is 8.00. The van der Waals surface area contributed by atoms with Gasteiger partial charge in [-0.15, -0.1) is 36.7 Å². The topological polar surface area (TPSA) is 367 Å². The summed E-state index contributed by atoms with van der Waals surface area (Å²) >= 11 is 2.74. The lowest BCUT2D eigenvalue weighted by atomic mass is 9.71. The van der Waals surface area contributed by atoms with Gasteiger partial charge in [-0.25, -0.2) is 9.59 Å². The van der Waals surface area contributed by atoms with Crippen LogP contribution in [0.3, 0.4) is 0 Å². The SMILES string of the molecule is C.C.C=CCN1[C@@H]2c3c(cc(C)c(OC)c3O)C[C@H]1[C@H](C#N)N1C2[C@@H]2SCC(=O)C(=O)OC[C@H]1c1c3c(c(C)c(OC(C)=O)c12)OCO3.C=CCN1[C@@H]2c3c(cc(C)c(OC)c3O)C[C@H]1[C@H](C#N)N1C2[C@@H]2SC[C@]3(NCCc4c3[nH]c3ccc(OC)cc43)C(=O)OC[C@H]1c1c3c(c(C)c(OC(C)=O)c12)OCO3.COc1ccc2[nH]cc(CCN)c2c1. The molecule has 1 spiro atoms. The van der Waals surface area contributed by atoms with E-state index in [-0.39, 0.29) is 82.5 Å². The van der Waals surface area contributed by atoms with Gasteiger partial charge in [-0.05, 0) is 130 Å². The predicted molar refractivity (Wildman–Crippen MR) is 452 cm³/mol. The highest BCUT2D eigenvalue weighted by Crippen LogP contribution is 2.68. The first-order chi connectivity index (χ1) is 57.5. The second-order valence-electron chi connectivity index (χ2n) is 31.5. The van der Waals surface area contributed by atoms with Crippen LogP contribution in [0.2, 0.25) is 0 Å². The van der Waals surface area contributed by atoms with Gasteiger partial charge in [0.15, 0.2) is 51.5 Å². The first kappa shape index (κ1) is 84.9. The van der Waals surface area contributed by atoms with E-state index in [0.29, 0.717) is 136 Å². The molecule has 0 amide bonds. The van der Waals surface area contributed by atoms with E-state index in [1.807, 2.05) is 75.5 Å². The number of fused-ring (bicyclic) bond motifs is 21. The second-order valence-corrected chi connectivity index (χ2v) is 33.7. The van der Waals surface area contributed by atoms with Crippen LogP contribution in [0.15, 0.2) is 80.0 Å². The van der Waals surface area contributed by atoms with Crippen molar-refractivity contribution >= 4 is 75.0 Å². The fourth-order valence-corrected chi connectivity index (χ4v) is 23.8. The van der Waals surface area contributed by atoms with Crippen LogP contribution in [0, 0.1) is 50.4 Å². The summed E-state index contributed by atoms with van der Waals surface area (Å²) in [5, 5.41) is 50.9. The number of hydrogen-bond acceptors (Lipinski definition) is 29. The maximum absolute atomic E-state index is 15.0. The first-order valence-electron chi connectivity index (χ1n) is 39.6. The number of carbonyl (C=O) groups is 5. The number of aromatic hydroxyl groups is 2. The number of nitrogens with two attached hydrogens (primary N) is 1. The summed E-state index contributed by atoms with van der Waals surface area (Å²) < 4.78 is 70.9. The van der Waals surface area contributed by atoms with Crippen molar-refractivity contribution < 1.29 is 91.0 Å². The van der Waals surface area contributed by atoms with Crippen LogP contribution in [0.25, 0.3) is 21.8 Å². The number of ketones is 1. The fraction of sp³-hybridized carbons (Fsp3) is 0.433. The van der Waals surface area contributed by atoms with Crippen molar-refractivity contribution in [1.29, 1.82) is 10.5 Å². The molecule has 31 heteroatoms. The lowest BCUT2D eigenvalue weighted by Gasteiger charge is -2.62. The molecule has 0 radical (unpaired) electrons. The van der Waals surface area contributed by atoms with Gasteiger partial charge in [0, 0.05) is 136 Å². The van der Waals surface area contributed by atoms with Crippen molar-refractivity contribution in [2.45, 2.75) is 159 Å².